The average Bonchev–Trinajstić information content (AvgIpc) is 3.51. The third-order valence-corrected chi connectivity index (χ3v) is 6.07. The van der Waals surface area contributed by atoms with Crippen molar-refractivity contribution in [2.75, 3.05) is 0 Å². The average molecular weight is 489 g/mol. The zero-order chi connectivity index (χ0) is 24.2. The fourth-order valence-electron chi connectivity index (χ4n) is 3.46. The Morgan fingerprint density at radius 3 is 2.60 bits per heavy atom. The lowest BCUT2D eigenvalue weighted by atomic mass is 10.2. The summed E-state index contributed by atoms with van der Waals surface area (Å²) in [6.07, 6.45) is 0. The van der Waals surface area contributed by atoms with Crippen LogP contribution in [0.3, 0.4) is 0 Å². The van der Waals surface area contributed by atoms with Crippen molar-refractivity contribution in [2.45, 2.75) is 17.5 Å². The molecule has 0 spiro atoms. The van der Waals surface area contributed by atoms with Crippen LogP contribution in [0.2, 0.25) is 0 Å². The van der Waals surface area contributed by atoms with Gasteiger partial charge in [0.2, 0.25) is 11.7 Å². The molecule has 0 aliphatic heterocycles. The molecule has 0 unspecified atom stereocenters. The maximum absolute atomic E-state index is 14.5. The summed E-state index contributed by atoms with van der Waals surface area (Å²) in [5, 5.41) is 24.1. The van der Waals surface area contributed by atoms with Gasteiger partial charge in [0, 0.05) is 17.7 Å². The lowest BCUT2D eigenvalue weighted by Gasteiger charge is -2.10. The molecule has 5 rings (SSSR count). The molecule has 11 heteroatoms. The van der Waals surface area contributed by atoms with Gasteiger partial charge in [-0.25, -0.2) is 4.39 Å². The van der Waals surface area contributed by atoms with Crippen LogP contribution in [-0.4, -0.2) is 29.8 Å². The fraction of sp³-hybridized carbons (Fsp3) is 0.0833. The zero-order valence-electron chi connectivity index (χ0n) is 18.1. The molecule has 2 heterocycles. The lowest BCUT2D eigenvalue weighted by molar-refractivity contribution is -0.384. The predicted octanol–water partition coefficient (Wildman–Crippen LogP) is 5.38. The summed E-state index contributed by atoms with van der Waals surface area (Å²) in [5.41, 5.74) is 1.79. The molecule has 0 aliphatic rings. The molecular weight excluding hydrogens is 471 g/mol. The maximum Gasteiger partial charge on any atom is 0.270 e. The Hall–Kier alpha value is -4.38. The molecule has 0 amide bonds. The van der Waals surface area contributed by atoms with Crippen LogP contribution in [0, 0.1) is 15.9 Å². The van der Waals surface area contributed by atoms with Crippen LogP contribution in [-0.2, 0) is 12.3 Å². The summed E-state index contributed by atoms with van der Waals surface area (Å²) in [7, 11) is 0. The minimum atomic E-state index is -0.479. The smallest absolute Gasteiger partial charge is 0.270 e. The quantitative estimate of drug-likeness (QED) is 0.162. The molecule has 0 saturated heterocycles. The summed E-state index contributed by atoms with van der Waals surface area (Å²) in [4.78, 5) is 14.9. The molecule has 3 aromatic carbocycles. The highest BCUT2D eigenvalue weighted by Crippen LogP contribution is 2.29. The number of nitrogens with zero attached hydrogens (tertiary/aromatic N) is 6. The summed E-state index contributed by atoms with van der Waals surface area (Å²) < 4.78 is 21.7. The van der Waals surface area contributed by atoms with Gasteiger partial charge in [0.05, 0.1) is 22.8 Å². The molecule has 0 saturated carbocycles. The second-order valence-electron chi connectivity index (χ2n) is 7.47. The standard InChI is InChI=1S/C24H17FN6O3S/c25-20-12-5-4-11-19(20)23-27-28-24(30(23)14-16-7-2-1-3-8-16)35-15-21-26-22(29-34-21)17-9-6-10-18(13-17)31(32)33/h1-13H,14-15H2. The van der Waals surface area contributed by atoms with Gasteiger partial charge in [-0.15, -0.1) is 10.2 Å². The molecule has 0 atom stereocenters. The van der Waals surface area contributed by atoms with Crippen molar-refractivity contribution in [3.05, 3.63) is 106 Å². The SMILES string of the molecule is O=[N+]([O-])c1cccc(-c2noc(CSc3nnc(-c4ccccc4F)n3Cc3ccccc3)n2)c1. The highest BCUT2D eigenvalue weighted by molar-refractivity contribution is 7.98. The van der Waals surface area contributed by atoms with E-state index in [0.29, 0.717) is 34.5 Å². The van der Waals surface area contributed by atoms with E-state index in [2.05, 4.69) is 20.3 Å². The van der Waals surface area contributed by atoms with Crippen LogP contribution in [0.4, 0.5) is 10.1 Å². The van der Waals surface area contributed by atoms with Gasteiger partial charge in [-0.1, -0.05) is 71.5 Å². The number of nitro groups is 1. The number of nitro benzene ring substituents is 1. The van der Waals surface area contributed by atoms with Crippen molar-refractivity contribution in [3.63, 3.8) is 0 Å². The van der Waals surface area contributed by atoms with E-state index >= 15 is 0 Å². The van der Waals surface area contributed by atoms with Gasteiger partial charge in [-0.3, -0.25) is 14.7 Å². The van der Waals surface area contributed by atoms with Gasteiger partial charge in [-0.05, 0) is 17.7 Å². The van der Waals surface area contributed by atoms with Crippen LogP contribution in [0.1, 0.15) is 11.5 Å². The van der Waals surface area contributed by atoms with Crippen LogP contribution in [0.25, 0.3) is 22.8 Å². The van der Waals surface area contributed by atoms with Gasteiger partial charge in [0.1, 0.15) is 5.82 Å². The van der Waals surface area contributed by atoms with E-state index in [9.17, 15) is 14.5 Å². The number of halogens is 1. The zero-order valence-corrected chi connectivity index (χ0v) is 18.9. The lowest BCUT2D eigenvalue weighted by Crippen LogP contribution is -2.05. The van der Waals surface area contributed by atoms with Crippen molar-refractivity contribution in [1.29, 1.82) is 0 Å². The van der Waals surface area contributed by atoms with E-state index in [0.717, 1.165) is 5.56 Å². The molecular formula is C24H17FN6O3S. The number of non-ortho nitro benzene ring substituents is 1. The first-order valence-electron chi connectivity index (χ1n) is 10.5. The Bertz CT molecular complexity index is 1490. The Kier molecular flexibility index (Phi) is 6.31. The van der Waals surface area contributed by atoms with Crippen molar-refractivity contribution in [2.24, 2.45) is 0 Å². The Balaban J connectivity index is 1.40. The monoisotopic (exact) mass is 488 g/mol. The van der Waals surface area contributed by atoms with Crippen LogP contribution >= 0.6 is 11.8 Å². The topological polar surface area (TPSA) is 113 Å². The molecule has 174 valence electrons. The van der Waals surface area contributed by atoms with Gasteiger partial charge < -0.3 is 4.52 Å². The summed E-state index contributed by atoms with van der Waals surface area (Å²) >= 11 is 1.32. The number of benzene rings is 3. The summed E-state index contributed by atoms with van der Waals surface area (Å²) in [6.45, 7) is 0.447. The number of rotatable bonds is 8. The number of aromatic nitrogens is 5. The minimum absolute atomic E-state index is 0.0575. The minimum Gasteiger partial charge on any atom is -0.338 e. The second-order valence-corrected chi connectivity index (χ2v) is 8.41. The van der Waals surface area contributed by atoms with Crippen LogP contribution in [0.15, 0.2) is 88.5 Å². The maximum atomic E-state index is 14.5. The largest absolute Gasteiger partial charge is 0.338 e. The van der Waals surface area contributed by atoms with E-state index in [1.54, 1.807) is 30.3 Å². The van der Waals surface area contributed by atoms with E-state index < -0.39 is 4.92 Å². The Morgan fingerprint density at radius 1 is 1.00 bits per heavy atom. The summed E-state index contributed by atoms with van der Waals surface area (Å²) in [5.74, 6) is 0.883. The molecule has 0 radical (unpaired) electrons. The fourth-order valence-corrected chi connectivity index (χ4v) is 4.24. The van der Waals surface area contributed by atoms with E-state index in [1.807, 2.05) is 34.9 Å². The van der Waals surface area contributed by atoms with Gasteiger partial charge >= 0.3 is 0 Å². The van der Waals surface area contributed by atoms with E-state index in [-0.39, 0.29) is 23.1 Å². The highest BCUT2D eigenvalue weighted by Gasteiger charge is 2.19. The number of hydrogen-bond acceptors (Lipinski definition) is 8. The van der Waals surface area contributed by atoms with E-state index in [4.69, 9.17) is 4.52 Å². The van der Waals surface area contributed by atoms with Crippen molar-refractivity contribution in [1.82, 2.24) is 24.9 Å². The number of hydrogen-bond donors (Lipinski definition) is 0. The molecule has 0 fully saturated rings. The third kappa shape index (κ3) is 4.94. The molecule has 0 N–H and O–H groups in total. The van der Waals surface area contributed by atoms with Gasteiger partial charge in [0.15, 0.2) is 11.0 Å². The number of thioether (sulfide) groups is 1. The summed E-state index contributed by atoms with van der Waals surface area (Å²) in [6, 6.07) is 22.2. The Labute approximate surface area is 202 Å². The van der Waals surface area contributed by atoms with Crippen molar-refractivity contribution >= 4 is 17.4 Å². The molecule has 5 aromatic rings. The van der Waals surface area contributed by atoms with Gasteiger partial charge in [0.25, 0.3) is 5.69 Å². The first-order valence-corrected chi connectivity index (χ1v) is 11.5. The molecule has 0 aliphatic carbocycles. The predicted molar refractivity (Wildman–Crippen MR) is 127 cm³/mol. The van der Waals surface area contributed by atoms with Crippen molar-refractivity contribution < 1.29 is 13.8 Å². The first-order chi connectivity index (χ1) is 17.1. The van der Waals surface area contributed by atoms with Crippen molar-refractivity contribution in [3.8, 4) is 22.8 Å². The molecule has 0 bridgehead atoms. The first kappa shape index (κ1) is 22.4. The molecule has 9 nitrogen and oxygen atoms in total. The molecule has 35 heavy (non-hydrogen) atoms. The highest BCUT2D eigenvalue weighted by atomic mass is 32.2. The van der Waals surface area contributed by atoms with Crippen LogP contribution in [0.5, 0.6) is 0 Å². The normalized spacial score (nSPS) is 11.0. The van der Waals surface area contributed by atoms with E-state index in [1.165, 1.54) is 30.0 Å². The molecule has 2 aromatic heterocycles. The third-order valence-electron chi connectivity index (χ3n) is 5.12. The second kappa shape index (κ2) is 9.85. The van der Waals surface area contributed by atoms with Gasteiger partial charge in [-0.2, -0.15) is 4.98 Å². The van der Waals surface area contributed by atoms with Crippen LogP contribution < -0.4 is 0 Å². The Morgan fingerprint density at radius 2 is 1.80 bits per heavy atom.